The van der Waals surface area contributed by atoms with Crippen LogP contribution in [0.3, 0.4) is 0 Å². The molecular formula is C15H29Cl2NSiTi. The van der Waals surface area contributed by atoms with Crippen molar-refractivity contribution in [3.8, 4) is 0 Å². The van der Waals surface area contributed by atoms with Gasteiger partial charge in [0, 0.05) is 0 Å². The molecule has 0 aliphatic heterocycles. The molecule has 0 aromatic carbocycles. The average Bonchev–Trinajstić information content (AvgIpc) is 2.44. The van der Waals surface area contributed by atoms with Gasteiger partial charge in [0.05, 0.1) is 0 Å². The molecule has 0 bridgehead atoms. The van der Waals surface area contributed by atoms with Crippen LogP contribution in [0.25, 0.3) is 0 Å². The van der Waals surface area contributed by atoms with Crippen LogP contribution in [0, 0.1) is 5.92 Å². The van der Waals surface area contributed by atoms with Crippen LogP contribution in [0.1, 0.15) is 47.5 Å². The van der Waals surface area contributed by atoms with Crippen molar-refractivity contribution >= 4 is 8.24 Å². The third-order valence-corrected chi connectivity index (χ3v) is 7.70. The Labute approximate surface area is 154 Å². The van der Waals surface area contributed by atoms with Gasteiger partial charge in [0.2, 0.25) is 0 Å². The molecule has 0 saturated heterocycles. The molecule has 116 valence electrons. The van der Waals surface area contributed by atoms with Gasteiger partial charge < -0.3 is 29.8 Å². The molecule has 0 spiro atoms. The van der Waals surface area contributed by atoms with Gasteiger partial charge in [0.25, 0.3) is 0 Å². The first kappa shape index (κ1) is 25.9. The molecule has 1 aliphatic rings. The second-order valence-corrected chi connectivity index (χ2v) is 10.1. The summed E-state index contributed by atoms with van der Waals surface area (Å²) in [6, 6.07) is 0. The first-order chi connectivity index (χ1) is 7.83. The molecule has 1 atom stereocenters. The fraction of sp³-hybridized carbons (Fsp3) is 0.733. The predicted octanol–water partition coefficient (Wildman–Crippen LogP) is -1.57. The van der Waals surface area contributed by atoms with E-state index in [4.69, 9.17) is 0 Å². The number of halogens is 2. The van der Waals surface area contributed by atoms with E-state index in [9.17, 15) is 0 Å². The summed E-state index contributed by atoms with van der Waals surface area (Å²) in [6.07, 6.45) is 2.57. The van der Waals surface area contributed by atoms with Gasteiger partial charge in [-0.05, 0) is 45.2 Å². The van der Waals surface area contributed by atoms with Gasteiger partial charge in [-0.15, -0.1) is 0 Å². The minimum absolute atomic E-state index is 0. The van der Waals surface area contributed by atoms with Crippen LogP contribution < -0.4 is 29.8 Å². The van der Waals surface area contributed by atoms with Crippen molar-refractivity contribution in [3.05, 3.63) is 21.9 Å². The van der Waals surface area contributed by atoms with Crippen LogP contribution in [-0.2, 0) is 21.7 Å². The molecule has 1 N–H and O–H groups in total. The van der Waals surface area contributed by atoms with Crippen LogP contribution in [0.4, 0.5) is 0 Å². The molecule has 0 radical (unpaired) electrons. The van der Waals surface area contributed by atoms with E-state index >= 15 is 0 Å². The summed E-state index contributed by atoms with van der Waals surface area (Å²) in [6.45, 7) is 17.6. The summed E-state index contributed by atoms with van der Waals surface area (Å²) in [5, 5.41) is 1.73. The van der Waals surface area contributed by atoms with Crippen LogP contribution in [0.15, 0.2) is 21.9 Å². The minimum Gasteiger partial charge on any atom is -1.00 e. The van der Waals surface area contributed by atoms with E-state index in [0.29, 0.717) is 5.92 Å². The molecule has 0 aromatic heterocycles. The Bertz CT molecular complexity index is 365. The SMILES string of the molecule is CCCCN[Si](C)(C)C1=C(C)C(C)=C(C)C1C.[Cl-].[Cl-].[Ti+2]. The fourth-order valence-electron chi connectivity index (χ4n) is 3.05. The molecule has 1 nitrogen and oxygen atoms in total. The summed E-state index contributed by atoms with van der Waals surface area (Å²) in [4.78, 5) is 3.86. The molecule has 20 heavy (non-hydrogen) atoms. The Morgan fingerprint density at radius 1 is 1.05 bits per heavy atom. The van der Waals surface area contributed by atoms with Crippen molar-refractivity contribution in [2.75, 3.05) is 6.54 Å². The molecule has 0 fully saturated rings. The second-order valence-electron chi connectivity index (χ2n) is 5.97. The predicted molar refractivity (Wildman–Crippen MR) is 80.6 cm³/mol. The quantitative estimate of drug-likeness (QED) is 0.456. The van der Waals surface area contributed by atoms with Crippen molar-refractivity contribution in [2.45, 2.75) is 60.6 Å². The Hall–Kier alpha value is 0.951. The van der Waals surface area contributed by atoms with Gasteiger partial charge in [0.15, 0.2) is 0 Å². The zero-order valence-electron chi connectivity index (χ0n) is 14.0. The van der Waals surface area contributed by atoms with E-state index in [0.717, 1.165) is 0 Å². The molecule has 0 aromatic rings. The Morgan fingerprint density at radius 2 is 1.55 bits per heavy atom. The standard InChI is InChI=1S/C15H29NSi.2ClH.Ti/c1-8-9-10-16-17(6,7)15-13(4)11(2)12(3)14(15)5;;;/h13,16H,8-10H2,1-7H3;2*1H;/q;;;+2/p-2. The number of rotatable bonds is 5. The Morgan fingerprint density at radius 3 is 1.90 bits per heavy atom. The fourth-order valence-corrected chi connectivity index (χ4v) is 6.46. The summed E-state index contributed by atoms with van der Waals surface area (Å²) < 4.78 is 0. The van der Waals surface area contributed by atoms with Crippen LogP contribution in [0.2, 0.25) is 13.1 Å². The van der Waals surface area contributed by atoms with Gasteiger partial charge in [-0.1, -0.05) is 49.7 Å². The van der Waals surface area contributed by atoms with Gasteiger partial charge in [0.1, 0.15) is 8.24 Å². The first-order valence-corrected chi connectivity index (χ1v) is 9.97. The zero-order valence-corrected chi connectivity index (χ0v) is 18.0. The third kappa shape index (κ3) is 5.62. The van der Waals surface area contributed by atoms with Crippen molar-refractivity contribution < 1.29 is 46.5 Å². The van der Waals surface area contributed by atoms with E-state index in [1.807, 2.05) is 0 Å². The molecule has 0 heterocycles. The van der Waals surface area contributed by atoms with Crippen LogP contribution in [-0.4, -0.2) is 14.8 Å². The summed E-state index contributed by atoms with van der Waals surface area (Å²) >= 11 is 0. The van der Waals surface area contributed by atoms with Crippen LogP contribution >= 0.6 is 0 Å². The summed E-state index contributed by atoms with van der Waals surface area (Å²) in [5.41, 5.74) is 4.68. The Kier molecular flexibility index (Phi) is 13.8. The number of unbranched alkanes of at least 4 members (excludes halogenated alkanes) is 1. The van der Waals surface area contributed by atoms with Gasteiger partial charge in [-0.3, -0.25) is 0 Å². The van der Waals surface area contributed by atoms with E-state index in [1.54, 1.807) is 16.3 Å². The van der Waals surface area contributed by atoms with Crippen molar-refractivity contribution in [1.82, 2.24) is 4.98 Å². The first-order valence-electron chi connectivity index (χ1n) is 6.97. The maximum absolute atomic E-state index is 3.86. The summed E-state index contributed by atoms with van der Waals surface area (Å²) in [7, 11) is -1.43. The van der Waals surface area contributed by atoms with E-state index in [-0.39, 0.29) is 46.5 Å². The maximum atomic E-state index is 3.86. The molecular weight excluding hydrogens is 341 g/mol. The number of allylic oxidation sites excluding steroid dienone is 4. The van der Waals surface area contributed by atoms with Gasteiger partial charge >= 0.3 is 21.7 Å². The number of nitrogens with one attached hydrogen (secondary N) is 1. The molecule has 1 unspecified atom stereocenters. The summed E-state index contributed by atoms with van der Waals surface area (Å²) in [5.74, 6) is 0.658. The van der Waals surface area contributed by atoms with Crippen molar-refractivity contribution in [1.29, 1.82) is 0 Å². The van der Waals surface area contributed by atoms with Gasteiger partial charge in [-0.25, -0.2) is 0 Å². The van der Waals surface area contributed by atoms with Gasteiger partial charge in [-0.2, -0.15) is 0 Å². The monoisotopic (exact) mass is 369 g/mol. The van der Waals surface area contributed by atoms with E-state index in [1.165, 1.54) is 25.0 Å². The number of hydrogen-bond acceptors (Lipinski definition) is 1. The van der Waals surface area contributed by atoms with E-state index in [2.05, 4.69) is 52.7 Å². The third-order valence-electron chi connectivity index (χ3n) is 4.41. The largest absolute Gasteiger partial charge is 2.00 e. The molecule has 1 aliphatic carbocycles. The molecule has 1 rings (SSSR count). The zero-order chi connectivity index (χ0) is 13.2. The molecule has 5 heteroatoms. The van der Waals surface area contributed by atoms with Crippen molar-refractivity contribution in [3.63, 3.8) is 0 Å². The van der Waals surface area contributed by atoms with Crippen LogP contribution in [0.5, 0.6) is 0 Å². The normalized spacial score (nSPS) is 18.4. The Balaban J connectivity index is -0.000000963. The minimum atomic E-state index is -1.43. The average molecular weight is 370 g/mol. The maximum Gasteiger partial charge on any atom is 2.00 e. The second kappa shape index (κ2) is 10.6. The van der Waals surface area contributed by atoms with Crippen molar-refractivity contribution in [2.24, 2.45) is 5.92 Å². The molecule has 0 saturated carbocycles. The van der Waals surface area contributed by atoms with E-state index < -0.39 is 8.24 Å². The number of hydrogen-bond donors (Lipinski definition) is 1. The smallest absolute Gasteiger partial charge is 1.00 e. The molecule has 0 amide bonds. The topological polar surface area (TPSA) is 12.0 Å².